The Hall–Kier alpha value is -2.31. The van der Waals surface area contributed by atoms with Crippen LogP contribution < -0.4 is 0 Å². The van der Waals surface area contributed by atoms with Crippen LogP contribution in [0.5, 0.6) is 0 Å². The van der Waals surface area contributed by atoms with Crippen LogP contribution in [0.4, 0.5) is 8.78 Å². The van der Waals surface area contributed by atoms with E-state index < -0.39 is 6.55 Å². The normalized spacial score (nSPS) is 18.0. The smallest absolute Gasteiger partial charge is 0.320 e. The average Bonchev–Trinajstić information content (AvgIpc) is 2.99. The van der Waals surface area contributed by atoms with Gasteiger partial charge in [-0.2, -0.15) is 8.78 Å². The number of imidazole rings is 1. The van der Waals surface area contributed by atoms with E-state index in [4.69, 9.17) is 0 Å². The van der Waals surface area contributed by atoms with Gasteiger partial charge in [-0.15, -0.1) is 0 Å². The summed E-state index contributed by atoms with van der Waals surface area (Å²) in [5.74, 6) is 0.328. The fraction of sp³-hybridized carbons (Fsp3) is 0.316. The SMILES string of the molecule is OCC1c2ccccc2CCN1Cc1nc2ccccc2n1C(F)F. The molecule has 0 radical (unpaired) electrons. The second-order valence-corrected chi connectivity index (χ2v) is 6.28. The number of aliphatic hydroxyl groups excluding tert-OH is 1. The zero-order valence-corrected chi connectivity index (χ0v) is 13.6. The molecule has 1 aromatic heterocycles. The first-order valence-electron chi connectivity index (χ1n) is 8.35. The van der Waals surface area contributed by atoms with Crippen molar-refractivity contribution in [1.82, 2.24) is 14.5 Å². The second-order valence-electron chi connectivity index (χ2n) is 6.28. The summed E-state index contributed by atoms with van der Waals surface area (Å²) in [7, 11) is 0. The molecule has 4 nitrogen and oxygen atoms in total. The van der Waals surface area contributed by atoms with Crippen molar-refractivity contribution >= 4 is 11.0 Å². The van der Waals surface area contributed by atoms with Gasteiger partial charge in [0, 0.05) is 6.54 Å². The Morgan fingerprint density at radius 3 is 2.68 bits per heavy atom. The Balaban J connectivity index is 1.71. The number of aliphatic hydroxyl groups is 1. The molecule has 0 spiro atoms. The molecule has 1 aliphatic rings. The van der Waals surface area contributed by atoms with E-state index in [-0.39, 0.29) is 19.2 Å². The maximum absolute atomic E-state index is 13.6. The highest BCUT2D eigenvalue weighted by atomic mass is 19.3. The number of hydrogen-bond acceptors (Lipinski definition) is 3. The third-order valence-electron chi connectivity index (χ3n) is 4.90. The molecular weight excluding hydrogens is 324 g/mol. The lowest BCUT2D eigenvalue weighted by atomic mass is 9.93. The summed E-state index contributed by atoms with van der Waals surface area (Å²) in [4.78, 5) is 6.44. The van der Waals surface area contributed by atoms with Crippen LogP contribution in [0, 0.1) is 0 Å². The second kappa shape index (κ2) is 6.54. The number of fused-ring (bicyclic) bond motifs is 2. The van der Waals surface area contributed by atoms with Gasteiger partial charge >= 0.3 is 6.55 Å². The Labute approximate surface area is 144 Å². The van der Waals surface area contributed by atoms with E-state index in [9.17, 15) is 13.9 Å². The molecular formula is C19H19F2N3O. The summed E-state index contributed by atoms with van der Waals surface area (Å²) < 4.78 is 28.2. The molecule has 25 heavy (non-hydrogen) atoms. The molecule has 1 N–H and O–H groups in total. The lowest BCUT2D eigenvalue weighted by Gasteiger charge is -2.36. The minimum absolute atomic E-state index is 0.0497. The number of halogens is 2. The van der Waals surface area contributed by atoms with Gasteiger partial charge in [-0.3, -0.25) is 9.47 Å². The molecule has 4 rings (SSSR count). The van der Waals surface area contributed by atoms with Crippen LogP contribution in [-0.2, 0) is 13.0 Å². The predicted octanol–water partition coefficient (Wildman–Crippen LogP) is 3.52. The Morgan fingerprint density at radius 1 is 1.12 bits per heavy atom. The van der Waals surface area contributed by atoms with Crippen molar-refractivity contribution in [3.63, 3.8) is 0 Å². The van der Waals surface area contributed by atoms with Gasteiger partial charge in [0.05, 0.1) is 30.2 Å². The van der Waals surface area contributed by atoms with Gasteiger partial charge in [0.15, 0.2) is 0 Å². The molecule has 1 atom stereocenters. The van der Waals surface area contributed by atoms with Gasteiger partial charge in [0.1, 0.15) is 5.82 Å². The van der Waals surface area contributed by atoms with E-state index >= 15 is 0 Å². The largest absolute Gasteiger partial charge is 0.394 e. The minimum atomic E-state index is -2.65. The molecule has 0 saturated heterocycles. The first-order chi connectivity index (χ1) is 12.2. The number of benzene rings is 2. The monoisotopic (exact) mass is 343 g/mol. The third kappa shape index (κ3) is 2.81. The zero-order valence-electron chi connectivity index (χ0n) is 13.6. The number of hydrogen-bond donors (Lipinski definition) is 1. The summed E-state index contributed by atoms with van der Waals surface area (Å²) in [6.45, 7) is -1.72. The van der Waals surface area contributed by atoms with E-state index in [1.165, 1.54) is 5.56 Å². The summed E-state index contributed by atoms with van der Waals surface area (Å²) in [5.41, 5.74) is 3.28. The van der Waals surface area contributed by atoms with Crippen LogP contribution in [-0.4, -0.2) is 32.7 Å². The van der Waals surface area contributed by atoms with E-state index in [0.29, 0.717) is 23.4 Å². The van der Waals surface area contributed by atoms with Gasteiger partial charge in [0.25, 0.3) is 0 Å². The average molecular weight is 343 g/mol. The lowest BCUT2D eigenvalue weighted by molar-refractivity contribution is 0.0613. The molecule has 0 bridgehead atoms. The standard InChI is InChI=1S/C19H19F2N3O/c20-19(21)24-16-8-4-3-7-15(16)22-18(24)11-23-10-9-13-5-1-2-6-14(13)17(23)12-25/h1-8,17,19,25H,9-12H2. The van der Waals surface area contributed by atoms with Crippen LogP contribution >= 0.6 is 0 Å². The molecule has 1 unspecified atom stereocenters. The number of rotatable bonds is 4. The van der Waals surface area contributed by atoms with Crippen molar-refractivity contribution in [1.29, 1.82) is 0 Å². The Morgan fingerprint density at radius 2 is 1.88 bits per heavy atom. The molecule has 0 saturated carbocycles. The van der Waals surface area contributed by atoms with E-state index in [2.05, 4.69) is 11.1 Å². The molecule has 6 heteroatoms. The zero-order chi connectivity index (χ0) is 17.4. The summed E-state index contributed by atoms with van der Waals surface area (Å²) in [6, 6.07) is 14.7. The molecule has 1 aliphatic heterocycles. The topological polar surface area (TPSA) is 41.3 Å². The van der Waals surface area contributed by atoms with Crippen molar-refractivity contribution in [3.8, 4) is 0 Å². The highest BCUT2D eigenvalue weighted by Crippen LogP contribution is 2.32. The molecule has 2 heterocycles. The number of aromatic nitrogens is 2. The third-order valence-corrected chi connectivity index (χ3v) is 4.90. The van der Waals surface area contributed by atoms with Gasteiger partial charge in [-0.25, -0.2) is 4.98 Å². The van der Waals surface area contributed by atoms with Crippen LogP contribution in [0.2, 0.25) is 0 Å². The van der Waals surface area contributed by atoms with Crippen LogP contribution in [0.3, 0.4) is 0 Å². The minimum Gasteiger partial charge on any atom is -0.394 e. The molecule has 130 valence electrons. The van der Waals surface area contributed by atoms with E-state index in [0.717, 1.165) is 16.6 Å². The van der Waals surface area contributed by atoms with Gasteiger partial charge < -0.3 is 5.11 Å². The van der Waals surface area contributed by atoms with Gasteiger partial charge in [-0.05, 0) is 29.7 Å². The number of alkyl halides is 2. The van der Waals surface area contributed by atoms with Crippen molar-refractivity contribution in [2.45, 2.75) is 25.6 Å². The fourth-order valence-electron chi connectivity index (χ4n) is 3.71. The van der Waals surface area contributed by atoms with E-state index in [1.54, 1.807) is 24.3 Å². The highest BCUT2D eigenvalue weighted by molar-refractivity contribution is 5.76. The van der Waals surface area contributed by atoms with Crippen LogP contribution in [0.15, 0.2) is 48.5 Å². The van der Waals surface area contributed by atoms with Gasteiger partial charge in [0.2, 0.25) is 0 Å². The van der Waals surface area contributed by atoms with Crippen LogP contribution in [0.25, 0.3) is 11.0 Å². The van der Waals surface area contributed by atoms with Crippen molar-refractivity contribution < 1.29 is 13.9 Å². The molecule has 2 aromatic carbocycles. The summed E-state index contributed by atoms with van der Waals surface area (Å²) in [5, 5.41) is 9.89. The molecule has 3 aromatic rings. The number of para-hydroxylation sites is 2. The predicted molar refractivity (Wildman–Crippen MR) is 91.4 cm³/mol. The maximum atomic E-state index is 13.6. The van der Waals surface area contributed by atoms with Crippen molar-refractivity contribution in [3.05, 3.63) is 65.5 Å². The molecule has 0 amide bonds. The maximum Gasteiger partial charge on any atom is 0.320 e. The Bertz CT molecular complexity index is 893. The summed E-state index contributed by atoms with van der Waals surface area (Å²) in [6.07, 6.45) is 0.835. The van der Waals surface area contributed by atoms with E-state index in [1.807, 2.05) is 23.1 Å². The number of nitrogens with zero attached hydrogens (tertiary/aromatic N) is 3. The molecule has 0 fully saturated rings. The van der Waals surface area contributed by atoms with Crippen molar-refractivity contribution in [2.75, 3.05) is 13.2 Å². The van der Waals surface area contributed by atoms with Crippen molar-refractivity contribution in [2.24, 2.45) is 0 Å². The summed E-state index contributed by atoms with van der Waals surface area (Å²) >= 11 is 0. The molecule has 0 aliphatic carbocycles. The lowest BCUT2D eigenvalue weighted by Crippen LogP contribution is -2.37. The fourth-order valence-corrected chi connectivity index (χ4v) is 3.71. The quantitative estimate of drug-likeness (QED) is 0.788. The van der Waals surface area contributed by atoms with Crippen LogP contribution in [0.1, 0.15) is 29.5 Å². The first kappa shape index (κ1) is 16.2. The highest BCUT2D eigenvalue weighted by Gasteiger charge is 2.29. The Kier molecular flexibility index (Phi) is 4.23. The first-order valence-corrected chi connectivity index (χ1v) is 8.35. The van der Waals surface area contributed by atoms with Gasteiger partial charge in [-0.1, -0.05) is 36.4 Å².